The SMILES string of the molecule is NCCCOCCOCCCN.NCCCOCCOCCCN.O. The smallest absolute Gasteiger partial charge is 0.0700 e. The Kier molecular flexibility index (Phi) is 36.9. The molecule has 156 valence electrons. The fraction of sp³-hybridized carbons (Fsp3) is 1.00. The average molecular weight is 371 g/mol. The van der Waals surface area contributed by atoms with E-state index in [9.17, 15) is 0 Å². The van der Waals surface area contributed by atoms with Gasteiger partial charge in [0.2, 0.25) is 0 Å². The second-order valence-corrected chi connectivity index (χ2v) is 5.02. The Morgan fingerprint density at radius 2 is 0.560 bits per heavy atom. The molecule has 0 amide bonds. The van der Waals surface area contributed by atoms with Gasteiger partial charge in [0.1, 0.15) is 0 Å². The third-order valence-electron chi connectivity index (χ3n) is 2.72. The van der Waals surface area contributed by atoms with Crippen LogP contribution in [0.3, 0.4) is 0 Å². The lowest BCUT2D eigenvalue weighted by atomic mass is 10.5. The van der Waals surface area contributed by atoms with Crippen LogP contribution in [0.4, 0.5) is 0 Å². The highest BCUT2D eigenvalue weighted by molar-refractivity contribution is 4.39. The average Bonchev–Trinajstić information content (AvgIpc) is 2.60. The predicted molar refractivity (Wildman–Crippen MR) is 102 cm³/mol. The maximum absolute atomic E-state index is 5.28. The monoisotopic (exact) mass is 370 g/mol. The van der Waals surface area contributed by atoms with Crippen LogP contribution in [0.2, 0.25) is 0 Å². The summed E-state index contributed by atoms with van der Waals surface area (Å²) in [5, 5.41) is 0. The second-order valence-electron chi connectivity index (χ2n) is 5.02. The van der Waals surface area contributed by atoms with Crippen molar-refractivity contribution in [3.63, 3.8) is 0 Å². The Labute approximate surface area is 153 Å². The minimum absolute atomic E-state index is 0. The van der Waals surface area contributed by atoms with Crippen molar-refractivity contribution in [2.45, 2.75) is 25.7 Å². The van der Waals surface area contributed by atoms with E-state index in [0.29, 0.717) is 52.6 Å². The van der Waals surface area contributed by atoms with Gasteiger partial charge < -0.3 is 47.4 Å². The fourth-order valence-corrected chi connectivity index (χ4v) is 1.39. The van der Waals surface area contributed by atoms with Crippen molar-refractivity contribution in [2.24, 2.45) is 22.9 Å². The molecule has 9 nitrogen and oxygen atoms in total. The Morgan fingerprint density at radius 3 is 0.720 bits per heavy atom. The molecule has 0 radical (unpaired) electrons. The summed E-state index contributed by atoms with van der Waals surface area (Å²) in [5.74, 6) is 0. The van der Waals surface area contributed by atoms with Crippen LogP contribution < -0.4 is 22.9 Å². The Hall–Kier alpha value is -0.360. The number of hydrogen-bond donors (Lipinski definition) is 4. The van der Waals surface area contributed by atoms with Crippen LogP contribution in [0.25, 0.3) is 0 Å². The van der Waals surface area contributed by atoms with Crippen molar-refractivity contribution >= 4 is 0 Å². The van der Waals surface area contributed by atoms with Crippen LogP contribution in [0, 0.1) is 0 Å². The highest BCUT2D eigenvalue weighted by atomic mass is 16.5. The maximum atomic E-state index is 5.28. The van der Waals surface area contributed by atoms with Crippen molar-refractivity contribution in [1.29, 1.82) is 0 Å². The van der Waals surface area contributed by atoms with Crippen LogP contribution in [0.1, 0.15) is 25.7 Å². The van der Waals surface area contributed by atoms with Crippen LogP contribution in [-0.2, 0) is 18.9 Å². The molecule has 0 atom stereocenters. The van der Waals surface area contributed by atoms with E-state index in [1.807, 2.05) is 0 Å². The molecular weight excluding hydrogens is 328 g/mol. The first kappa shape index (κ1) is 29.4. The molecule has 10 N–H and O–H groups in total. The molecule has 9 heteroatoms. The van der Waals surface area contributed by atoms with Crippen molar-refractivity contribution < 1.29 is 24.4 Å². The highest BCUT2D eigenvalue weighted by Crippen LogP contribution is 1.84. The first-order valence-electron chi connectivity index (χ1n) is 8.94. The van der Waals surface area contributed by atoms with Crippen LogP contribution in [-0.4, -0.2) is 84.5 Å². The second kappa shape index (κ2) is 31.4. The predicted octanol–water partition coefficient (Wildman–Crippen LogP) is -1.39. The lowest BCUT2D eigenvalue weighted by Crippen LogP contribution is -2.10. The van der Waals surface area contributed by atoms with E-state index >= 15 is 0 Å². The van der Waals surface area contributed by atoms with Crippen LogP contribution >= 0.6 is 0 Å². The summed E-state index contributed by atoms with van der Waals surface area (Å²) in [6.45, 7) is 8.31. The first-order chi connectivity index (χ1) is 11.8. The van der Waals surface area contributed by atoms with E-state index in [1.165, 1.54) is 0 Å². The van der Waals surface area contributed by atoms with Gasteiger partial charge >= 0.3 is 0 Å². The number of nitrogens with two attached hydrogens (primary N) is 4. The highest BCUT2D eigenvalue weighted by Gasteiger charge is 1.89. The summed E-state index contributed by atoms with van der Waals surface area (Å²) in [5.41, 5.74) is 21.1. The van der Waals surface area contributed by atoms with E-state index in [-0.39, 0.29) is 5.48 Å². The lowest BCUT2D eigenvalue weighted by molar-refractivity contribution is 0.0471. The molecule has 0 saturated heterocycles. The van der Waals surface area contributed by atoms with Gasteiger partial charge in [0.15, 0.2) is 0 Å². The first-order valence-corrected chi connectivity index (χ1v) is 8.94. The normalized spacial score (nSPS) is 10.1. The van der Waals surface area contributed by atoms with Crippen molar-refractivity contribution in [2.75, 3.05) is 79.0 Å². The van der Waals surface area contributed by atoms with Gasteiger partial charge in [-0.2, -0.15) is 0 Å². The summed E-state index contributed by atoms with van der Waals surface area (Å²) >= 11 is 0. The number of ether oxygens (including phenoxy) is 4. The largest absolute Gasteiger partial charge is 0.412 e. The third kappa shape index (κ3) is 35.6. The minimum Gasteiger partial charge on any atom is -0.412 e. The van der Waals surface area contributed by atoms with Crippen molar-refractivity contribution in [1.82, 2.24) is 0 Å². The molecule has 0 aromatic rings. The van der Waals surface area contributed by atoms with Crippen molar-refractivity contribution in [3.05, 3.63) is 0 Å². The fourth-order valence-electron chi connectivity index (χ4n) is 1.39. The van der Waals surface area contributed by atoms with Gasteiger partial charge in [0, 0.05) is 26.4 Å². The Bertz CT molecular complexity index is 165. The molecule has 0 aromatic carbocycles. The summed E-state index contributed by atoms with van der Waals surface area (Å²) in [7, 11) is 0. The van der Waals surface area contributed by atoms with Gasteiger partial charge in [0.05, 0.1) is 26.4 Å². The van der Waals surface area contributed by atoms with Gasteiger partial charge in [-0.25, -0.2) is 0 Å². The maximum Gasteiger partial charge on any atom is 0.0700 e. The van der Waals surface area contributed by atoms with Gasteiger partial charge in [0.25, 0.3) is 0 Å². The molecule has 0 aromatic heterocycles. The van der Waals surface area contributed by atoms with E-state index in [4.69, 9.17) is 41.9 Å². The molecule has 0 aliphatic heterocycles. The molecule has 0 fully saturated rings. The number of rotatable bonds is 18. The quantitative estimate of drug-likeness (QED) is 0.213. The number of hydrogen-bond acceptors (Lipinski definition) is 8. The summed E-state index contributed by atoms with van der Waals surface area (Å²) in [6, 6.07) is 0. The molecule has 0 aliphatic carbocycles. The van der Waals surface area contributed by atoms with Gasteiger partial charge in [-0.3, -0.25) is 0 Å². The topological polar surface area (TPSA) is 172 Å². The molecular formula is C16H42N4O5. The van der Waals surface area contributed by atoms with E-state index in [1.54, 1.807) is 0 Å². The Balaban J connectivity index is -0.000000372. The lowest BCUT2D eigenvalue weighted by Gasteiger charge is -2.03. The molecule has 0 rings (SSSR count). The van der Waals surface area contributed by atoms with Gasteiger partial charge in [-0.05, 0) is 51.9 Å². The Morgan fingerprint density at radius 1 is 0.360 bits per heavy atom. The van der Waals surface area contributed by atoms with Crippen LogP contribution in [0.15, 0.2) is 0 Å². The molecule has 0 unspecified atom stereocenters. The molecule has 0 heterocycles. The zero-order valence-corrected chi connectivity index (χ0v) is 15.8. The van der Waals surface area contributed by atoms with E-state index < -0.39 is 0 Å². The molecule has 0 aliphatic rings. The van der Waals surface area contributed by atoms with E-state index in [2.05, 4.69) is 0 Å². The standard InChI is InChI=1S/2C8H20N2O2.H2O/c2*9-3-1-5-11-7-8-12-6-2-4-10;/h2*1-10H2;1H2. The molecule has 0 bridgehead atoms. The molecule has 0 saturated carbocycles. The van der Waals surface area contributed by atoms with Crippen molar-refractivity contribution in [3.8, 4) is 0 Å². The van der Waals surface area contributed by atoms with E-state index in [0.717, 1.165) is 52.1 Å². The zero-order chi connectivity index (χ0) is 18.1. The van der Waals surface area contributed by atoms with Gasteiger partial charge in [-0.1, -0.05) is 0 Å². The minimum atomic E-state index is 0. The summed E-state index contributed by atoms with van der Waals surface area (Å²) < 4.78 is 20.9. The summed E-state index contributed by atoms with van der Waals surface area (Å²) in [6.07, 6.45) is 3.68. The molecule has 0 spiro atoms. The third-order valence-corrected chi connectivity index (χ3v) is 2.72. The molecule has 25 heavy (non-hydrogen) atoms. The van der Waals surface area contributed by atoms with Gasteiger partial charge in [-0.15, -0.1) is 0 Å². The van der Waals surface area contributed by atoms with Crippen LogP contribution in [0.5, 0.6) is 0 Å². The summed E-state index contributed by atoms with van der Waals surface area (Å²) in [4.78, 5) is 0. The zero-order valence-electron chi connectivity index (χ0n) is 15.8.